The second kappa shape index (κ2) is 5.31. The Morgan fingerprint density at radius 1 is 1.00 bits per heavy atom. The predicted octanol–water partition coefficient (Wildman–Crippen LogP) is 1.80. The van der Waals surface area contributed by atoms with E-state index in [1.54, 1.807) is 17.0 Å². The highest BCUT2D eigenvalue weighted by atomic mass is 16.3. The molecule has 4 nitrogen and oxygen atoms in total. The van der Waals surface area contributed by atoms with Gasteiger partial charge in [-0.2, -0.15) is 0 Å². The van der Waals surface area contributed by atoms with Gasteiger partial charge < -0.3 is 15.1 Å². The first-order valence-electron chi connectivity index (χ1n) is 6.95. The van der Waals surface area contributed by atoms with E-state index < -0.39 is 5.60 Å². The molecule has 1 amide bonds. The molecule has 1 atom stereocenters. The summed E-state index contributed by atoms with van der Waals surface area (Å²) in [6, 6.07) is 16.8. The fourth-order valence-electron chi connectivity index (χ4n) is 2.83. The molecular weight excluding hydrogens is 266 g/mol. The van der Waals surface area contributed by atoms with Gasteiger partial charge in [-0.15, -0.1) is 0 Å². The van der Waals surface area contributed by atoms with Gasteiger partial charge in [-0.3, -0.25) is 4.79 Å². The summed E-state index contributed by atoms with van der Waals surface area (Å²) < 4.78 is 0. The molecule has 0 spiro atoms. The van der Waals surface area contributed by atoms with E-state index in [0.717, 1.165) is 5.56 Å². The second-order valence-corrected chi connectivity index (χ2v) is 5.23. The van der Waals surface area contributed by atoms with E-state index in [0.29, 0.717) is 17.8 Å². The van der Waals surface area contributed by atoms with Crippen LogP contribution in [0, 0.1) is 0 Å². The van der Waals surface area contributed by atoms with Crippen molar-refractivity contribution in [2.45, 2.75) is 18.6 Å². The first-order chi connectivity index (χ1) is 10.2. The molecule has 0 fully saturated rings. The van der Waals surface area contributed by atoms with Crippen LogP contribution in [0.3, 0.4) is 0 Å². The number of anilines is 1. The monoisotopic (exact) mass is 283 g/mol. The summed E-state index contributed by atoms with van der Waals surface area (Å²) in [7, 11) is 0. The molecule has 0 saturated carbocycles. The van der Waals surface area contributed by atoms with Crippen molar-refractivity contribution in [2.75, 3.05) is 11.5 Å². The minimum atomic E-state index is -1.62. The topological polar surface area (TPSA) is 60.8 Å². The predicted molar refractivity (Wildman–Crippen MR) is 79.7 cm³/mol. The Balaban J connectivity index is 2.01. The van der Waals surface area contributed by atoms with Crippen LogP contribution in [0.4, 0.5) is 5.69 Å². The number of benzene rings is 2. The largest absolute Gasteiger partial charge is 0.396 e. The van der Waals surface area contributed by atoms with E-state index >= 15 is 0 Å². The highest BCUT2D eigenvalue weighted by molar-refractivity contribution is 6.06. The highest BCUT2D eigenvalue weighted by Crippen LogP contribution is 2.42. The van der Waals surface area contributed by atoms with E-state index in [4.69, 9.17) is 0 Å². The van der Waals surface area contributed by atoms with Crippen LogP contribution in [0.2, 0.25) is 0 Å². The third kappa shape index (κ3) is 2.22. The molecule has 1 heterocycles. The van der Waals surface area contributed by atoms with E-state index in [-0.39, 0.29) is 18.9 Å². The first kappa shape index (κ1) is 13.8. The lowest BCUT2D eigenvalue weighted by Gasteiger charge is -2.22. The van der Waals surface area contributed by atoms with Crippen LogP contribution in [-0.2, 0) is 16.9 Å². The first-order valence-corrected chi connectivity index (χ1v) is 6.95. The van der Waals surface area contributed by atoms with Gasteiger partial charge in [0.05, 0.1) is 12.2 Å². The molecule has 21 heavy (non-hydrogen) atoms. The molecule has 0 radical (unpaired) electrons. The fraction of sp³-hybridized carbons (Fsp3) is 0.235. The number of hydrogen-bond acceptors (Lipinski definition) is 3. The summed E-state index contributed by atoms with van der Waals surface area (Å²) in [6.45, 7) is 0.167. The molecule has 0 bridgehead atoms. The lowest BCUT2D eigenvalue weighted by Crippen LogP contribution is -2.40. The number of aliphatic hydroxyl groups is 2. The van der Waals surface area contributed by atoms with Crippen molar-refractivity contribution in [3.8, 4) is 0 Å². The smallest absolute Gasteiger partial charge is 0.264 e. The zero-order valence-electron chi connectivity index (χ0n) is 11.6. The Kier molecular flexibility index (Phi) is 3.49. The van der Waals surface area contributed by atoms with E-state index in [2.05, 4.69) is 0 Å². The lowest BCUT2D eigenvalue weighted by atomic mass is 9.92. The summed E-state index contributed by atoms with van der Waals surface area (Å²) in [6.07, 6.45) is 0.00807. The Bertz CT molecular complexity index is 656. The third-order valence-corrected chi connectivity index (χ3v) is 3.90. The molecule has 3 rings (SSSR count). The van der Waals surface area contributed by atoms with E-state index in [1.165, 1.54) is 0 Å². The minimum Gasteiger partial charge on any atom is -0.396 e. The summed E-state index contributed by atoms with van der Waals surface area (Å²) >= 11 is 0. The molecule has 2 aromatic rings. The van der Waals surface area contributed by atoms with Crippen molar-refractivity contribution in [1.82, 2.24) is 0 Å². The molecule has 0 aliphatic carbocycles. The zero-order valence-corrected chi connectivity index (χ0v) is 11.6. The van der Waals surface area contributed by atoms with Crippen LogP contribution in [0.5, 0.6) is 0 Å². The van der Waals surface area contributed by atoms with Gasteiger partial charge in [0.2, 0.25) is 0 Å². The van der Waals surface area contributed by atoms with Gasteiger partial charge >= 0.3 is 0 Å². The number of hydrogen-bond donors (Lipinski definition) is 2. The Morgan fingerprint density at radius 2 is 1.67 bits per heavy atom. The van der Waals surface area contributed by atoms with Crippen molar-refractivity contribution in [3.05, 3.63) is 65.7 Å². The van der Waals surface area contributed by atoms with Crippen LogP contribution < -0.4 is 4.90 Å². The maximum atomic E-state index is 12.6. The van der Waals surface area contributed by atoms with Crippen molar-refractivity contribution in [2.24, 2.45) is 0 Å². The lowest BCUT2D eigenvalue weighted by molar-refractivity contribution is -0.137. The van der Waals surface area contributed by atoms with Gasteiger partial charge in [-0.05, 0) is 11.6 Å². The van der Waals surface area contributed by atoms with Gasteiger partial charge in [-0.25, -0.2) is 0 Å². The SMILES string of the molecule is O=C1N(Cc2ccccc2)c2ccccc2[C@]1(O)CCO. The molecule has 4 heteroatoms. The number of rotatable bonds is 4. The number of aliphatic hydroxyl groups excluding tert-OH is 1. The van der Waals surface area contributed by atoms with Gasteiger partial charge in [0.1, 0.15) is 0 Å². The minimum absolute atomic E-state index is 0.00807. The third-order valence-electron chi connectivity index (χ3n) is 3.90. The van der Waals surface area contributed by atoms with E-state index in [9.17, 15) is 15.0 Å². The maximum Gasteiger partial charge on any atom is 0.264 e. The molecule has 0 unspecified atom stereocenters. The van der Waals surface area contributed by atoms with Gasteiger partial charge in [0.25, 0.3) is 5.91 Å². The average Bonchev–Trinajstić information content (AvgIpc) is 2.72. The van der Waals surface area contributed by atoms with Gasteiger partial charge in [0, 0.05) is 18.6 Å². The summed E-state index contributed by atoms with van der Waals surface area (Å²) in [5, 5.41) is 19.9. The molecule has 1 aliphatic rings. The number of fused-ring (bicyclic) bond motifs is 1. The number of para-hydroxylation sites is 1. The van der Waals surface area contributed by atoms with Crippen LogP contribution >= 0.6 is 0 Å². The molecule has 0 aromatic heterocycles. The van der Waals surface area contributed by atoms with Gasteiger partial charge in [0.15, 0.2) is 5.60 Å². The number of carbonyl (C=O) groups excluding carboxylic acids is 1. The average molecular weight is 283 g/mol. The molecule has 2 N–H and O–H groups in total. The molecular formula is C17H17NO3. The van der Waals surface area contributed by atoms with E-state index in [1.807, 2.05) is 42.5 Å². The normalized spacial score (nSPS) is 20.7. The van der Waals surface area contributed by atoms with Crippen molar-refractivity contribution >= 4 is 11.6 Å². The Labute approximate surface area is 123 Å². The molecule has 108 valence electrons. The van der Waals surface area contributed by atoms with Crippen LogP contribution in [0.25, 0.3) is 0 Å². The van der Waals surface area contributed by atoms with Crippen molar-refractivity contribution < 1.29 is 15.0 Å². The summed E-state index contributed by atoms with van der Waals surface area (Å²) in [4.78, 5) is 14.2. The van der Waals surface area contributed by atoms with Gasteiger partial charge in [-0.1, -0.05) is 48.5 Å². The fourth-order valence-corrected chi connectivity index (χ4v) is 2.83. The summed E-state index contributed by atoms with van der Waals surface area (Å²) in [5.41, 5.74) is 0.649. The summed E-state index contributed by atoms with van der Waals surface area (Å²) in [5.74, 6) is -0.374. The second-order valence-electron chi connectivity index (χ2n) is 5.23. The van der Waals surface area contributed by atoms with Crippen LogP contribution in [0.15, 0.2) is 54.6 Å². The van der Waals surface area contributed by atoms with Crippen molar-refractivity contribution in [1.29, 1.82) is 0 Å². The maximum absolute atomic E-state index is 12.6. The van der Waals surface area contributed by atoms with Crippen LogP contribution in [0.1, 0.15) is 17.5 Å². The zero-order chi connectivity index (χ0) is 14.9. The number of amides is 1. The van der Waals surface area contributed by atoms with Crippen LogP contribution in [-0.4, -0.2) is 22.7 Å². The Hall–Kier alpha value is -2.17. The molecule has 1 aliphatic heterocycles. The molecule has 2 aromatic carbocycles. The van der Waals surface area contributed by atoms with Crippen molar-refractivity contribution in [3.63, 3.8) is 0 Å². The Morgan fingerprint density at radius 3 is 2.38 bits per heavy atom. The number of nitrogens with zero attached hydrogens (tertiary/aromatic N) is 1. The number of carbonyl (C=O) groups is 1. The molecule has 0 saturated heterocycles. The highest BCUT2D eigenvalue weighted by Gasteiger charge is 2.48. The standard InChI is InChI=1S/C17H17NO3/c19-11-10-17(21)14-8-4-5-9-15(14)18(16(17)20)12-13-6-2-1-3-7-13/h1-9,19,21H,10-12H2/t17-/m1/s1. The quantitative estimate of drug-likeness (QED) is 0.899.